The summed E-state index contributed by atoms with van der Waals surface area (Å²) in [4.78, 5) is 50.2. The van der Waals surface area contributed by atoms with Gasteiger partial charge in [-0.1, -0.05) is 12.1 Å². The third-order valence-corrected chi connectivity index (χ3v) is 4.46. The van der Waals surface area contributed by atoms with Crippen LogP contribution in [0.4, 0.5) is 11.4 Å². The summed E-state index contributed by atoms with van der Waals surface area (Å²) in [5, 5.41) is 5.39. The summed E-state index contributed by atoms with van der Waals surface area (Å²) in [6.07, 6.45) is 1.22. The lowest BCUT2D eigenvalue weighted by atomic mass is 10.1. The minimum absolute atomic E-state index is 0.236. The smallest absolute Gasteiger partial charge is 0.328 e. The van der Waals surface area contributed by atoms with E-state index >= 15 is 0 Å². The Bertz CT molecular complexity index is 1260. The first-order valence-electron chi connectivity index (χ1n) is 9.39. The summed E-state index contributed by atoms with van der Waals surface area (Å²) < 4.78 is 12.0. The Morgan fingerprint density at radius 3 is 2.55 bits per heavy atom. The Kier molecular flexibility index (Phi) is 5.52. The maximum Gasteiger partial charge on any atom is 0.328 e. The number of nitrogens with zero attached hydrogens (tertiary/aromatic N) is 1. The quantitative estimate of drug-likeness (QED) is 0.566. The number of ether oxygens (including phenoxy) is 2. The normalized spacial score (nSPS) is 12.1. The topological polar surface area (TPSA) is 132 Å². The monoisotopic (exact) mass is 422 g/mol. The highest BCUT2D eigenvalue weighted by Crippen LogP contribution is 2.32. The summed E-state index contributed by atoms with van der Waals surface area (Å²) in [7, 11) is 0. The number of aromatic amines is 1. The average Bonchev–Trinajstić information content (AvgIpc) is 2.76. The summed E-state index contributed by atoms with van der Waals surface area (Å²) in [5.74, 6) is 0.175. The van der Waals surface area contributed by atoms with Gasteiger partial charge in [-0.2, -0.15) is 0 Å². The van der Waals surface area contributed by atoms with E-state index in [1.807, 2.05) is 0 Å². The molecule has 0 saturated carbocycles. The van der Waals surface area contributed by atoms with Crippen LogP contribution >= 0.6 is 0 Å². The number of para-hydroxylation sites is 1. The van der Waals surface area contributed by atoms with Gasteiger partial charge in [0.15, 0.2) is 11.5 Å². The number of anilines is 2. The van der Waals surface area contributed by atoms with Crippen LogP contribution in [0.15, 0.2) is 64.3 Å². The first-order chi connectivity index (χ1) is 15.0. The lowest BCUT2D eigenvalue weighted by Crippen LogP contribution is -2.32. The zero-order chi connectivity index (χ0) is 21.8. The fourth-order valence-corrected chi connectivity index (χ4v) is 3.02. The lowest BCUT2D eigenvalue weighted by Gasteiger charge is -2.19. The number of nitrogens with one attached hydrogen (secondary N) is 3. The SMILES string of the molecule is O=C(Cn1ccc(=O)[nH]c1=O)Nc1ccccc1C(=O)Nc1ccc2c(c1)OCCO2. The van der Waals surface area contributed by atoms with Gasteiger partial charge in [-0.05, 0) is 24.3 Å². The molecule has 1 aliphatic rings. The summed E-state index contributed by atoms with van der Waals surface area (Å²) in [5.41, 5.74) is -0.232. The molecule has 10 nitrogen and oxygen atoms in total. The van der Waals surface area contributed by atoms with Crippen molar-refractivity contribution in [2.45, 2.75) is 6.54 Å². The summed E-state index contributed by atoms with van der Waals surface area (Å²) in [6.45, 7) is 0.572. The molecule has 4 rings (SSSR count). The molecule has 3 N–H and O–H groups in total. The van der Waals surface area contributed by atoms with Crippen LogP contribution in [0.25, 0.3) is 0 Å². The highest BCUT2D eigenvalue weighted by Gasteiger charge is 2.16. The Labute approximate surface area is 175 Å². The number of carbonyl (C=O) groups excluding carboxylic acids is 2. The van der Waals surface area contributed by atoms with Crippen molar-refractivity contribution in [2.24, 2.45) is 0 Å². The van der Waals surface area contributed by atoms with Gasteiger partial charge in [0.2, 0.25) is 5.91 Å². The fraction of sp³-hybridized carbons (Fsp3) is 0.143. The van der Waals surface area contributed by atoms with E-state index in [9.17, 15) is 19.2 Å². The number of rotatable bonds is 5. The molecule has 2 amide bonds. The first-order valence-corrected chi connectivity index (χ1v) is 9.39. The Morgan fingerprint density at radius 1 is 0.968 bits per heavy atom. The van der Waals surface area contributed by atoms with Crippen molar-refractivity contribution in [3.63, 3.8) is 0 Å². The number of hydrogen-bond acceptors (Lipinski definition) is 6. The van der Waals surface area contributed by atoms with E-state index < -0.39 is 23.1 Å². The minimum Gasteiger partial charge on any atom is -0.486 e. The van der Waals surface area contributed by atoms with Gasteiger partial charge >= 0.3 is 5.69 Å². The van der Waals surface area contributed by atoms with Crippen LogP contribution in [0.1, 0.15) is 10.4 Å². The van der Waals surface area contributed by atoms with Gasteiger partial charge in [-0.15, -0.1) is 0 Å². The van der Waals surface area contributed by atoms with Crippen molar-refractivity contribution < 1.29 is 19.1 Å². The zero-order valence-electron chi connectivity index (χ0n) is 16.2. The molecule has 2 heterocycles. The second-order valence-corrected chi connectivity index (χ2v) is 6.64. The fourth-order valence-electron chi connectivity index (χ4n) is 3.02. The maximum absolute atomic E-state index is 12.8. The van der Waals surface area contributed by atoms with Crippen LogP contribution < -0.4 is 31.4 Å². The molecule has 0 spiro atoms. The highest BCUT2D eigenvalue weighted by atomic mass is 16.6. The molecule has 2 aromatic carbocycles. The molecule has 0 unspecified atom stereocenters. The first kappa shape index (κ1) is 20.0. The second-order valence-electron chi connectivity index (χ2n) is 6.64. The van der Waals surface area contributed by atoms with Gasteiger partial charge in [0, 0.05) is 24.0 Å². The van der Waals surface area contributed by atoms with Crippen molar-refractivity contribution >= 4 is 23.2 Å². The Hall–Kier alpha value is -4.34. The molecule has 0 bridgehead atoms. The van der Waals surface area contributed by atoms with Crippen molar-refractivity contribution in [1.82, 2.24) is 9.55 Å². The largest absolute Gasteiger partial charge is 0.486 e. The molecular formula is C21H18N4O6. The van der Waals surface area contributed by atoms with E-state index in [2.05, 4.69) is 15.6 Å². The van der Waals surface area contributed by atoms with Crippen molar-refractivity contribution in [2.75, 3.05) is 23.8 Å². The van der Waals surface area contributed by atoms with Gasteiger partial charge in [-0.25, -0.2) is 4.79 Å². The predicted molar refractivity (Wildman–Crippen MR) is 112 cm³/mol. The summed E-state index contributed by atoms with van der Waals surface area (Å²) >= 11 is 0. The average molecular weight is 422 g/mol. The molecular weight excluding hydrogens is 404 g/mol. The highest BCUT2D eigenvalue weighted by molar-refractivity contribution is 6.10. The molecule has 0 aliphatic carbocycles. The van der Waals surface area contributed by atoms with E-state index in [0.717, 1.165) is 10.6 Å². The molecule has 0 fully saturated rings. The van der Waals surface area contributed by atoms with Gasteiger partial charge in [0.1, 0.15) is 19.8 Å². The number of hydrogen-bond donors (Lipinski definition) is 3. The molecule has 10 heteroatoms. The molecule has 1 aromatic heterocycles. The van der Waals surface area contributed by atoms with Gasteiger partial charge in [0.25, 0.3) is 11.5 Å². The van der Waals surface area contributed by atoms with Crippen molar-refractivity contribution in [3.8, 4) is 11.5 Å². The van der Waals surface area contributed by atoms with Crippen LogP contribution in [-0.4, -0.2) is 34.6 Å². The number of benzene rings is 2. The number of fused-ring (bicyclic) bond motifs is 1. The Balaban J connectivity index is 1.48. The van der Waals surface area contributed by atoms with Crippen LogP contribution in [0, 0.1) is 0 Å². The van der Waals surface area contributed by atoms with Crippen LogP contribution in [0.3, 0.4) is 0 Å². The molecule has 0 atom stereocenters. The minimum atomic E-state index is -0.702. The third kappa shape index (κ3) is 4.64. The molecule has 31 heavy (non-hydrogen) atoms. The van der Waals surface area contributed by atoms with E-state index in [0.29, 0.717) is 30.4 Å². The number of H-pyrrole nitrogens is 1. The van der Waals surface area contributed by atoms with Gasteiger partial charge in [0.05, 0.1) is 11.3 Å². The number of amides is 2. The van der Waals surface area contributed by atoms with Crippen LogP contribution in [0.2, 0.25) is 0 Å². The molecule has 158 valence electrons. The van der Waals surface area contributed by atoms with Crippen molar-refractivity contribution in [3.05, 3.63) is 81.1 Å². The van der Waals surface area contributed by atoms with E-state index in [1.165, 1.54) is 6.20 Å². The molecule has 0 radical (unpaired) electrons. The number of aromatic nitrogens is 2. The van der Waals surface area contributed by atoms with Crippen LogP contribution in [0.5, 0.6) is 11.5 Å². The van der Waals surface area contributed by atoms with Gasteiger partial charge < -0.3 is 20.1 Å². The Morgan fingerprint density at radius 2 is 1.74 bits per heavy atom. The van der Waals surface area contributed by atoms with Gasteiger partial charge in [-0.3, -0.25) is 23.9 Å². The summed E-state index contributed by atoms with van der Waals surface area (Å²) in [6, 6.07) is 12.7. The van der Waals surface area contributed by atoms with Crippen LogP contribution in [-0.2, 0) is 11.3 Å². The third-order valence-electron chi connectivity index (χ3n) is 4.46. The second kappa shape index (κ2) is 8.57. The van der Waals surface area contributed by atoms with E-state index in [-0.39, 0.29) is 17.8 Å². The zero-order valence-corrected chi connectivity index (χ0v) is 16.2. The molecule has 1 aliphatic heterocycles. The number of carbonyl (C=O) groups is 2. The molecule has 3 aromatic rings. The lowest BCUT2D eigenvalue weighted by molar-refractivity contribution is -0.116. The molecule has 0 saturated heterocycles. The van der Waals surface area contributed by atoms with E-state index in [1.54, 1.807) is 42.5 Å². The standard InChI is InChI=1S/C21H18N4O6/c26-18-7-8-25(21(29)24-18)12-19(27)23-15-4-2-1-3-14(15)20(28)22-13-5-6-16-17(11-13)31-10-9-30-16/h1-8,11H,9-10,12H2,(H,22,28)(H,23,27)(H,24,26,29). The predicted octanol–water partition coefficient (Wildman–Crippen LogP) is 1.20. The maximum atomic E-state index is 12.8. The van der Waals surface area contributed by atoms with Crippen molar-refractivity contribution in [1.29, 1.82) is 0 Å². The van der Waals surface area contributed by atoms with E-state index in [4.69, 9.17) is 9.47 Å².